The average Bonchev–Trinajstić information content (AvgIpc) is 2.40. The van der Waals surface area contributed by atoms with Gasteiger partial charge >= 0.3 is 0 Å². The van der Waals surface area contributed by atoms with Crippen molar-refractivity contribution in [2.45, 2.75) is 45.3 Å². The molecule has 3 nitrogen and oxygen atoms in total. The van der Waals surface area contributed by atoms with E-state index in [1.807, 2.05) is 25.7 Å². The summed E-state index contributed by atoms with van der Waals surface area (Å²) >= 11 is 0. The third-order valence-electron chi connectivity index (χ3n) is 3.73. The van der Waals surface area contributed by atoms with E-state index >= 15 is 0 Å². The number of hydrogen-bond acceptors (Lipinski definition) is 2. The van der Waals surface area contributed by atoms with Gasteiger partial charge in [-0.25, -0.2) is 4.39 Å². The van der Waals surface area contributed by atoms with Crippen LogP contribution in [0.2, 0.25) is 0 Å². The predicted octanol–water partition coefficient (Wildman–Crippen LogP) is 2.78. The summed E-state index contributed by atoms with van der Waals surface area (Å²) in [5, 5.41) is 0. The van der Waals surface area contributed by atoms with Gasteiger partial charge in [0.2, 0.25) is 5.91 Å². The average molecular weight is 279 g/mol. The number of benzene rings is 1. The zero-order valence-electron chi connectivity index (χ0n) is 12.4. The highest BCUT2D eigenvalue weighted by Gasteiger charge is 2.36. The lowest BCUT2D eigenvalue weighted by Crippen LogP contribution is -2.57. The van der Waals surface area contributed by atoms with Gasteiger partial charge in [-0.15, -0.1) is 0 Å². The highest BCUT2D eigenvalue weighted by atomic mass is 19.1. The molecule has 4 heteroatoms. The number of halogens is 1. The largest absolute Gasteiger partial charge is 0.374 e. The molecule has 1 saturated heterocycles. The van der Waals surface area contributed by atoms with Crippen LogP contribution < -0.4 is 0 Å². The van der Waals surface area contributed by atoms with Gasteiger partial charge in [0.25, 0.3) is 0 Å². The highest BCUT2D eigenvalue weighted by Crippen LogP contribution is 2.23. The third kappa shape index (κ3) is 3.57. The molecule has 1 amide bonds. The second-order valence-corrected chi connectivity index (χ2v) is 6.06. The maximum Gasteiger partial charge on any atom is 0.223 e. The van der Waals surface area contributed by atoms with E-state index < -0.39 is 0 Å². The van der Waals surface area contributed by atoms with Crippen LogP contribution in [0.15, 0.2) is 24.3 Å². The molecule has 20 heavy (non-hydrogen) atoms. The number of ether oxygens (including phenoxy) is 1. The molecule has 0 spiro atoms. The molecule has 1 aromatic rings. The van der Waals surface area contributed by atoms with Crippen molar-refractivity contribution in [1.29, 1.82) is 0 Å². The van der Waals surface area contributed by atoms with Crippen LogP contribution in [0, 0.1) is 5.82 Å². The number of carbonyl (C=O) groups is 1. The van der Waals surface area contributed by atoms with Crippen molar-refractivity contribution in [3.63, 3.8) is 0 Å². The molecule has 1 aliphatic rings. The predicted molar refractivity (Wildman–Crippen MR) is 75.9 cm³/mol. The van der Waals surface area contributed by atoms with E-state index in [0.29, 0.717) is 26.0 Å². The summed E-state index contributed by atoms with van der Waals surface area (Å²) in [7, 11) is 0. The molecule has 1 aliphatic heterocycles. The summed E-state index contributed by atoms with van der Waals surface area (Å²) in [6, 6.07) is 6.33. The maximum absolute atomic E-state index is 12.8. The fourth-order valence-corrected chi connectivity index (χ4v) is 2.46. The van der Waals surface area contributed by atoms with Gasteiger partial charge in [-0.3, -0.25) is 4.79 Å². The Hall–Kier alpha value is -1.42. The molecule has 1 atom stereocenters. The number of hydrogen-bond donors (Lipinski definition) is 0. The monoisotopic (exact) mass is 279 g/mol. The minimum Gasteiger partial charge on any atom is -0.374 e. The minimum atomic E-state index is -0.258. The number of amides is 1. The van der Waals surface area contributed by atoms with Gasteiger partial charge < -0.3 is 9.64 Å². The lowest BCUT2D eigenvalue weighted by atomic mass is 9.99. The van der Waals surface area contributed by atoms with Crippen LogP contribution in [-0.4, -0.2) is 35.6 Å². The topological polar surface area (TPSA) is 29.5 Å². The van der Waals surface area contributed by atoms with Crippen molar-refractivity contribution < 1.29 is 13.9 Å². The number of rotatable bonds is 3. The van der Waals surface area contributed by atoms with Gasteiger partial charge in [0.15, 0.2) is 0 Å². The van der Waals surface area contributed by atoms with E-state index in [9.17, 15) is 9.18 Å². The van der Waals surface area contributed by atoms with E-state index in [4.69, 9.17) is 4.74 Å². The Labute approximate surface area is 119 Å². The van der Waals surface area contributed by atoms with E-state index in [1.54, 1.807) is 12.1 Å². The van der Waals surface area contributed by atoms with Crippen LogP contribution in [0.3, 0.4) is 0 Å². The fourth-order valence-electron chi connectivity index (χ4n) is 2.46. The summed E-state index contributed by atoms with van der Waals surface area (Å²) in [4.78, 5) is 14.3. The Balaban J connectivity index is 1.95. The molecule has 0 aromatic heterocycles. The minimum absolute atomic E-state index is 0.0813. The first-order valence-corrected chi connectivity index (χ1v) is 7.05. The molecule has 110 valence electrons. The maximum atomic E-state index is 12.8. The first kappa shape index (κ1) is 15.0. The van der Waals surface area contributed by atoms with Crippen LogP contribution in [0.4, 0.5) is 4.39 Å². The van der Waals surface area contributed by atoms with Crippen LogP contribution in [0.1, 0.15) is 32.8 Å². The molecule has 2 rings (SSSR count). The van der Waals surface area contributed by atoms with Crippen LogP contribution in [0.5, 0.6) is 0 Å². The standard InChI is InChI=1S/C16H22FNO2/c1-12-10-18(16(2,3)11-20-12)15(19)9-6-13-4-7-14(17)8-5-13/h4-5,7-8,12H,6,9-11H2,1-3H3. The number of carbonyl (C=O) groups excluding carboxylic acids is 1. The molecule has 1 unspecified atom stereocenters. The number of aryl methyl sites for hydroxylation is 1. The second kappa shape index (κ2) is 5.92. The van der Waals surface area contributed by atoms with Gasteiger partial charge in [-0.1, -0.05) is 12.1 Å². The fraction of sp³-hybridized carbons (Fsp3) is 0.562. The van der Waals surface area contributed by atoms with E-state index in [2.05, 4.69) is 0 Å². The van der Waals surface area contributed by atoms with E-state index in [1.165, 1.54) is 12.1 Å². The van der Waals surface area contributed by atoms with Crippen molar-refractivity contribution in [2.75, 3.05) is 13.2 Å². The summed E-state index contributed by atoms with van der Waals surface area (Å²) < 4.78 is 18.4. The van der Waals surface area contributed by atoms with Crippen LogP contribution in [0.25, 0.3) is 0 Å². The van der Waals surface area contributed by atoms with Crippen molar-refractivity contribution >= 4 is 5.91 Å². The smallest absolute Gasteiger partial charge is 0.223 e. The Morgan fingerprint density at radius 2 is 2.05 bits per heavy atom. The van der Waals surface area contributed by atoms with Crippen molar-refractivity contribution in [2.24, 2.45) is 0 Å². The summed E-state index contributed by atoms with van der Waals surface area (Å²) in [6.07, 6.45) is 1.17. The van der Waals surface area contributed by atoms with Gasteiger partial charge in [0, 0.05) is 13.0 Å². The van der Waals surface area contributed by atoms with Crippen molar-refractivity contribution in [3.8, 4) is 0 Å². The molecule has 0 aliphatic carbocycles. The zero-order valence-corrected chi connectivity index (χ0v) is 12.4. The molecule has 0 bridgehead atoms. The van der Waals surface area contributed by atoms with Gasteiger partial charge in [-0.2, -0.15) is 0 Å². The molecule has 0 radical (unpaired) electrons. The summed E-state index contributed by atoms with van der Waals surface area (Å²) in [5.41, 5.74) is 0.728. The Morgan fingerprint density at radius 1 is 1.40 bits per heavy atom. The third-order valence-corrected chi connectivity index (χ3v) is 3.73. The Morgan fingerprint density at radius 3 is 2.70 bits per heavy atom. The van der Waals surface area contributed by atoms with Crippen LogP contribution >= 0.6 is 0 Å². The first-order chi connectivity index (χ1) is 9.38. The molecular weight excluding hydrogens is 257 g/mol. The zero-order chi connectivity index (χ0) is 14.8. The summed E-state index contributed by atoms with van der Waals surface area (Å²) in [5.74, 6) is -0.113. The van der Waals surface area contributed by atoms with E-state index in [0.717, 1.165) is 5.56 Å². The molecule has 0 N–H and O–H groups in total. The SMILES string of the molecule is CC1CN(C(=O)CCc2ccc(F)cc2)C(C)(C)CO1. The lowest BCUT2D eigenvalue weighted by Gasteiger charge is -2.44. The van der Waals surface area contributed by atoms with Gasteiger partial charge in [0.1, 0.15) is 5.82 Å². The highest BCUT2D eigenvalue weighted by molar-refractivity contribution is 5.77. The molecular formula is C16H22FNO2. The van der Waals surface area contributed by atoms with Crippen molar-refractivity contribution in [3.05, 3.63) is 35.6 Å². The molecule has 1 heterocycles. The number of nitrogens with zero attached hydrogens (tertiary/aromatic N) is 1. The lowest BCUT2D eigenvalue weighted by molar-refractivity contribution is -0.152. The summed E-state index contributed by atoms with van der Waals surface area (Å²) in [6.45, 7) is 7.23. The quantitative estimate of drug-likeness (QED) is 0.851. The second-order valence-electron chi connectivity index (χ2n) is 6.06. The van der Waals surface area contributed by atoms with Crippen LogP contribution in [-0.2, 0) is 16.0 Å². The molecule has 0 saturated carbocycles. The van der Waals surface area contributed by atoms with Gasteiger partial charge in [-0.05, 0) is 44.9 Å². The Kier molecular flexibility index (Phi) is 4.43. The molecule has 1 aromatic carbocycles. The Bertz CT molecular complexity index is 470. The normalized spacial score (nSPS) is 21.8. The first-order valence-electron chi connectivity index (χ1n) is 7.05. The molecule has 1 fully saturated rings. The van der Waals surface area contributed by atoms with Gasteiger partial charge in [0.05, 0.1) is 18.2 Å². The number of morpholine rings is 1. The van der Waals surface area contributed by atoms with Crippen molar-refractivity contribution in [1.82, 2.24) is 4.90 Å². The van der Waals surface area contributed by atoms with E-state index in [-0.39, 0.29) is 23.4 Å².